The molecule has 1 N–H and O–H groups in total. The Labute approximate surface area is 104 Å². The summed E-state index contributed by atoms with van der Waals surface area (Å²) in [6.07, 6.45) is 9.80. The molecule has 0 aliphatic heterocycles. The molecule has 0 saturated heterocycles. The van der Waals surface area contributed by atoms with Gasteiger partial charge in [0.25, 0.3) is 0 Å². The summed E-state index contributed by atoms with van der Waals surface area (Å²) < 4.78 is 0. The van der Waals surface area contributed by atoms with Crippen LogP contribution in [0.15, 0.2) is 0 Å². The standard InChI is InChI=1S/C15H24O2/c1-11(16)14-7-2-5-12-6-3-9-15(17,13(12)14)10-4-8-14/h12-13,17H,2-10H2,1H3. The predicted molar refractivity (Wildman–Crippen MR) is 66.6 cm³/mol. The van der Waals surface area contributed by atoms with Crippen LogP contribution in [0.4, 0.5) is 0 Å². The highest BCUT2D eigenvalue weighted by Crippen LogP contribution is 2.61. The number of Topliss-reactive ketones (excluding diaryl/α,β-unsaturated/α-hetero) is 1. The summed E-state index contributed by atoms with van der Waals surface area (Å²) in [5.74, 6) is 1.25. The van der Waals surface area contributed by atoms with Crippen LogP contribution in [-0.2, 0) is 4.79 Å². The average molecular weight is 236 g/mol. The van der Waals surface area contributed by atoms with Crippen LogP contribution in [0.25, 0.3) is 0 Å². The second-order valence-corrected chi connectivity index (χ2v) is 6.69. The van der Waals surface area contributed by atoms with E-state index in [1.54, 1.807) is 6.92 Å². The molecule has 0 aromatic heterocycles. The summed E-state index contributed by atoms with van der Waals surface area (Å²) >= 11 is 0. The highest BCUT2D eigenvalue weighted by Gasteiger charge is 2.60. The molecule has 0 aromatic carbocycles. The molecule has 0 spiro atoms. The second-order valence-electron chi connectivity index (χ2n) is 6.69. The molecule has 2 nitrogen and oxygen atoms in total. The molecule has 17 heavy (non-hydrogen) atoms. The van der Waals surface area contributed by atoms with Crippen LogP contribution in [0.1, 0.15) is 64.7 Å². The van der Waals surface area contributed by atoms with Crippen molar-refractivity contribution in [2.45, 2.75) is 70.3 Å². The van der Waals surface area contributed by atoms with E-state index in [2.05, 4.69) is 0 Å². The molecular weight excluding hydrogens is 212 g/mol. The lowest BCUT2D eigenvalue weighted by Crippen LogP contribution is -2.60. The van der Waals surface area contributed by atoms with E-state index >= 15 is 0 Å². The van der Waals surface area contributed by atoms with Crippen LogP contribution in [0.2, 0.25) is 0 Å². The van der Waals surface area contributed by atoms with Crippen LogP contribution in [0, 0.1) is 17.3 Å². The van der Waals surface area contributed by atoms with Gasteiger partial charge >= 0.3 is 0 Å². The molecule has 3 rings (SSSR count). The maximum atomic E-state index is 12.2. The van der Waals surface area contributed by atoms with E-state index < -0.39 is 5.60 Å². The summed E-state index contributed by atoms with van der Waals surface area (Å²) in [6.45, 7) is 1.77. The first-order valence-corrected chi connectivity index (χ1v) is 7.32. The number of aliphatic hydroxyl groups is 1. The molecular formula is C15H24O2. The summed E-state index contributed by atoms with van der Waals surface area (Å²) in [4.78, 5) is 12.2. The monoisotopic (exact) mass is 236 g/mol. The highest BCUT2D eigenvalue weighted by atomic mass is 16.3. The van der Waals surface area contributed by atoms with E-state index in [0.717, 1.165) is 38.5 Å². The van der Waals surface area contributed by atoms with Crippen molar-refractivity contribution >= 4 is 5.78 Å². The van der Waals surface area contributed by atoms with Crippen LogP contribution < -0.4 is 0 Å². The zero-order valence-corrected chi connectivity index (χ0v) is 10.9. The molecule has 3 fully saturated rings. The van der Waals surface area contributed by atoms with Crippen molar-refractivity contribution in [1.82, 2.24) is 0 Å². The van der Waals surface area contributed by atoms with Gasteiger partial charge in [0.05, 0.1) is 5.60 Å². The Morgan fingerprint density at radius 3 is 2.35 bits per heavy atom. The van der Waals surface area contributed by atoms with Crippen molar-refractivity contribution in [2.75, 3.05) is 0 Å². The van der Waals surface area contributed by atoms with Crippen LogP contribution in [-0.4, -0.2) is 16.5 Å². The third-order valence-corrected chi connectivity index (χ3v) is 5.96. The van der Waals surface area contributed by atoms with Crippen molar-refractivity contribution in [3.8, 4) is 0 Å². The third kappa shape index (κ3) is 1.53. The summed E-state index contributed by atoms with van der Waals surface area (Å²) in [6, 6.07) is 0. The van der Waals surface area contributed by atoms with Gasteiger partial charge in [-0.25, -0.2) is 0 Å². The van der Waals surface area contributed by atoms with E-state index in [0.29, 0.717) is 11.7 Å². The number of hydrogen-bond donors (Lipinski definition) is 1. The summed E-state index contributed by atoms with van der Waals surface area (Å²) in [5.41, 5.74) is -0.663. The summed E-state index contributed by atoms with van der Waals surface area (Å²) in [5, 5.41) is 11.0. The maximum Gasteiger partial charge on any atom is 0.136 e. The SMILES string of the molecule is CC(=O)C12CCCC3CCCC(O)(CCC1)C32. The van der Waals surface area contributed by atoms with Crippen LogP contribution in [0.5, 0.6) is 0 Å². The van der Waals surface area contributed by atoms with Crippen molar-refractivity contribution < 1.29 is 9.90 Å². The Balaban J connectivity index is 2.04. The van der Waals surface area contributed by atoms with Gasteiger partial charge in [-0.1, -0.05) is 19.3 Å². The van der Waals surface area contributed by atoms with E-state index in [1.165, 1.54) is 19.3 Å². The highest BCUT2D eigenvalue weighted by molar-refractivity contribution is 5.83. The first kappa shape index (κ1) is 11.7. The molecule has 3 aliphatic rings. The third-order valence-electron chi connectivity index (χ3n) is 5.96. The lowest BCUT2D eigenvalue weighted by molar-refractivity contribution is -0.184. The second kappa shape index (κ2) is 3.81. The van der Waals surface area contributed by atoms with E-state index in [1.807, 2.05) is 0 Å². The average Bonchev–Trinajstić information content (AvgIpc) is 2.29. The molecule has 4 atom stereocenters. The summed E-state index contributed by atoms with van der Waals surface area (Å²) in [7, 11) is 0. The lowest BCUT2D eigenvalue weighted by atomic mass is 9.46. The molecule has 0 aromatic rings. The van der Waals surface area contributed by atoms with Gasteiger partial charge in [-0.15, -0.1) is 0 Å². The van der Waals surface area contributed by atoms with Gasteiger partial charge in [-0.3, -0.25) is 4.79 Å². The Kier molecular flexibility index (Phi) is 2.62. The fraction of sp³-hybridized carbons (Fsp3) is 0.933. The van der Waals surface area contributed by atoms with Crippen molar-refractivity contribution in [3.63, 3.8) is 0 Å². The molecule has 3 aliphatic carbocycles. The Bertz CT molecular complexity index is 328. The minimum absolute atomic E-state index is 0.156. The molecule has 3 saturated carbocycles. The number of carbonyl (C=O) groups excluding carboxylic acids is 1. The first-order valence-electron chi connectivity index (χ1n) is 7.32. The van der Waals surface area contributed by atoms with Crippen molar-refractivity contribution in [3.05, 3.63) is 0 Å². The Morgan fingerprint density at radius 2 is 1.65 bits per heavy atom. The smallest absolute Gasteiger partial charge is 0.136 e. The normalized spacial score (nSPS) is 49.5. The van der Waals surface area contributed by atoms with Gasteiger partial charge < -0.3 is 5.11 Å². The van der Waals surface area contributed by atoms with Crippen LogP contribution >= 0.6 is 0 Å². The molecule has 0 radical (unpaired) electrons. The Hall–Kier alpha value is -0.370. The molecule has 4 unspecified atom stereocenters. The fourth-order valence-corrected chi connectivity index (χ4v) is 5.38. The number of carbonyl (C=O) groups is 1. The maximum absolute atomic E-state index is 12.2. The molecule has 0 amide bonds. The van der Waals surface area contributed by atoms with Crippen molar-refractivity contribution in [1.29, 1.82) is 0 Å². The van der Waals surface area contributed by atoms with Gasteiger partial charge in [-0.05, 0) is 51.4 Å². The predicted octanol–water partition coefficient (Wildman–Crippen LogP) is 3.08. The minimum atomic E-state index is -0.507. The van der Waals surface area contributed by atoms with E-state index in [-0.39, 0.29) is 11.3 Å². The fourth-order valence-electron chi connectivity index (χ4n) is 5.38. The molecule has 0 bridgehead atoms. The van der Waals surface area contributed by atoms with Gasteiger partial charge in [0, 0.05) is 11.3 Å². The van der Waals surface area contributed by atoms with Crippen molar-refractivity contribution in [2.24, 2.45) is 17.3 Å². The van der Waals surface area contributed by atoms with E-state index in [4.69, 9.17) is 0 Å². The quantitative estimate of drug-likeness (QED) is 0.759. The van der Waals surface area contributed by atoms with Gasteiger partial charge in [-0.2, -0.15) is 0 Å². The van der Waals surface area contributed by atoms with Crippen LogP contribution in [0.3, 0.4) is 0 Å². The molecule has 96 valence electrons. The van der Waals surface area contributed by atoms with Gasteiger partial charge in [0.15, 0.2) is 0 Å². The van der Waals surface area contributed by atoms with Gasteiger partial charge in [0.1, 0.15) is 5.78 Å². The zero-order chi connectivity index (χ0) is 12.1. The zero-order valence-electron chi connectivity index (χ0n) is 10.9. The minimum Gasteiger partial charge on any atom is -0.390 e. The number of hydrogen-bond acceptors (Lipinski definition) is 2. The first-order chi connectivity index (χ1) is 8.08. The Morgan fingerprint density at radius 1 is 1.06 bits per heavy atom. The molecule has 0 heterocycles. The molecule has 2 heteroatoms. The topological polar surface area (TPSA) is 37.3 Å². The lowest BCUT2D eigenvalue weighted by Gasteiger charge is -2.59. The number of rotatable bonds is 1. The van der Waals surface area contributed by atoms with E-state index in [9.17, 15) is 9.90 Å². The van der Waals surface area contributed by atoms with Gasteiger partial charge in [0.2, 0.25) is 0 Å². The largest absolute Gasteiger partial charge is 0.390 e. The number of ketones is 1.